The molecule has 0 spiro atoms. The lowest BCUT2D eigenvalue weighted by molar-refractivity contribution is 0.218. The number of piperidine rings is 1. The van der Waals surface area contributed by atoms with Gasteiger partial charge in [0.15, 0.2) is 5.96 Å². The first kappa shape index (κ1) is 12.3. The fourth-order valence-corrected chi connectivity index (χ4v) is 2.12. The predicted molar refractivity (Wildman–Crippen MR) is 65.0 cm³/mol. The van der Waals surface area contributed by atoms with Crippen LogP contribution in [0.2, 0.25) is 0 Å². The highest BCUT2D eigenvalue weighted by Crippen LogP contribution is 2.17. The second kappa shape index (κ2) is 5.95. The van der Waals surface area contributed by atoms with Gasteiger partial charge in [0.1, 0.15) is 0 Å². The standard InChI is InChI=1S/C11H24N4/c1-4-13-11(12)15-7-5-10(6-8-15)9-14(2)3/h10H,4-9H2,1-3H3,(H2,12,13). The average Bonchev–Trinajstić information content (AvgIpc) is 2.18. The van der Waals surface area contributed by atoms with E-state index in [2.05, 4.69) is 28.9 Å². The summed E-state index contributed by atoms with van der Waals surface area (Å²) in [6, 6.07) is 0. The molecule has 2 N–H and O–H groups in total. The van der Waals surface area contributed by atoms with Crippen molar-refractivity contribution in [3.63, 3.8) is 0 Å². The summed E-state index contributed by atoms with van der Waals surface area (Å²) in [5.41, 5.74) is 5.87. The van der Waals surface area contributed by atoms with Gasteiger partial charge in [0.2, 0.25) is 0 Å². The van der Waals surface area contributed by atoms with Crippen molar-refractivity contribution in [2.24, 2.45) is 16.6 Å². The SMILES string of the molecule is CCN=C(N)N1CCC(CN(C)C)CC1. The first-order valence-corrected chi connectivity index (χ1v) is 5.83. The molecule has 0 aromatic rings. The molecule has 0 aromatic carbocycles. The van der Waals surface area contributed by atoms with Crippen LogP contribution in [-0.4, -0.2) is 56.0 Å². The zero-order valence-corrected chi connectivity index (χ0v) is 10.2. The molecule has 1 heterocycles. The minimum absolute atomic E-state index is 0.723. The molecule has 88 valence electrons. The molecule has 4 heteroatoms. The molecule has 1 saturated heterocycles. The van der Waals surface area contributed by atoms with Crippen molar-refractivity contribution in [3.8, 4) is 0 Å². The van der Waals surface area contributed by atoms with E-state index in [9.17, 15) is 0 Å². The zero-order valence-electron chi connectivity index (χ0n) is 10.2. The Morgan fingerprint density at radius 3 is 2.47 bits per heavy atom. The maximum Gasteiger partial charge on any atom is 0.191 e. The molecule has 0 aliphatic carbocycles. The minimum Gasteiger partial charge on any atom is -0.370 e. The Labute approximate surface area is 93.1 Å². The van der Waals surface area contributed by atoms with Crippen LogP contribution < -0.4 is 5.73 Å². The molecule has 1 fully saturated rings. The Hall–Kier alpha value is -0.770. The summed E-state index contributed by atoms with van der Waals surface area (Å²) in [7, 11) is 4.28. The first-order valence-electron chi connectivity index (χ1n) is 5.83. The Kier molecular flexibility index (Phi) is 4.88. The Morgan fingerprint density at radius 2 is 2.00 bits per heavy atom. The number of guanidine groups is 1. The monoisotopic (exact) mass is 212 g/mol. The summed E-state index contributed by atoms with van der Waals surface area (Å²) >= 11 is 0. The molecule has 0 amide bonds. The summed E-state index contributed by atoms with van der Waals surface area (Å²) in [5, 5.41) is 0. The van der Waals surface area contributed by atoms with Gasteiger partial charge in [-0.25, -0.2) is 0 Å². The molecule has 0 atom stereocenters. The quantitative estimate of drug-likeness (QED) is 0.550. The van der Waals surface area contributed by atoms with Crippen LogP contribution in [0.3, 0.4) is 0 Å². The summed E-state index contributed by atoms with van der Waals surface area (Å²) in [6.45, 7) is 6.12. The highest BCUT2D eigenvalue weighted by Gasteiger charge is 2.20. The van der Waals surface area contributed by atoms with Crippen LogP contribution in [0, 0.1) is 5.92 Å². The molecule has 0 radical (unpaired) electrons. The molecular weight excluding hydrogens is 188 g/mol. The average molecular weight is 212 g/mol. The number of nitrogens with two attached hydrogens (primary N) is 1. The van der Waals surface area contributed by atoms with Crippen molar-refractivity contribution < 1.29 is 0 Å². The largest absolute Gasteiger partial charge is 0.370 e. The lowest BCUT2D eigenvalue weighted by Gasteiger charge is -2.33. The van der Waals surface area contributed by atoms with Crippen LogP contribution in [-0.2, 0) is 0 Å². The van der Waals surface area contributed by atoms with Crippen LogP contribution in [0.25, 0.3) is 0 Å². The van der Waals surface area contributed by atoms with Gasteiger partial charge < -0.3 is 15.5 Å². The van der Waals surface area contributed by atoms with E-state index in [1.54, 1.807) is 0 Å². The van der Waals surface area contributed by atoms with Crippen LogP contribution >= 0.6 is 0 Å². The van der Waals surface area contributed by atoms with Crippen LogP contribution in [0.5, 0.6) is 0 Å². The van der Waals surface area contributed by atoms with Crippen molar-refractivity contribution in [1.29, 1.82) is 0 Å². The zero-order chi connectivity index (χ0) is 11.3. The van der Waals surface area contributed by atoms with Gasteiger partial charge in [-0.3, -0.25) is 4.99 Å². The Morgan fingerprint density at radius 1 is 1.40 bits per heavy atom. The number of nitrogens with zero attached hydrogens (tertiary/aromatic N) is 3. The molecular formula is C11H24N4. The number of hydrogen-bond acceptors (Lipinski definition) is 2. The third-order valence-electron chi connectivity index (χ3n) is 2.88. The number of likely N-dealkylation sites (tertiary alicyclic amines) is 1. The fourth-order valence-electron chi connectivity index (χ4n) is 2.12. The van der Waals surface area contributed by atoms with Gasteiger partial charge >= 0.3 is 0 Å². The molecule has 1 aliphatic heterocycles. The van der Waals surface area contributed by atoms with Gasteiger partial charge in [0, 0.05) is 26.2 Å². The molecule has 0 saturated carbocycles. The smallest absolute Gasteiger partial charge is 0.191 e. The molecule has 1 rings (SSSR count). The van der Waals surface area contributed by atoms with Gasteiger partial charge in [-0.15, -0.1) is 0 Å². The van der Waals surface area contributed by atoms with Gasteiger partial charge in [-0.05, 0) is 39.8 Å². The molecule has 0 unspecified atom stereocenters. The number of hydrogen-bond donors (Lipinski definition) is 1. The van der Waals surface area contributed by atoms with E-state index in [4.69, 9.17) is 5.73 Å². The van der Waals surface area contributed by atoms with E-state index >= 15 is 0 Å². The topological polar surface area (TPSA) is 44.9 Å². The van der Waals surface area contributed by atoms with Crippen molar-refractivity contribution in [1.82, 2.24) is 9.80 Å². The number of rotatable bonds is 3. The van der Waals surface area contributed by atoms with E-state index in [1.807, 2.05) is 6.92 Å². The van der Waals surface area contributed by atoms with Gasteiger partial charge in [-0.2, -0.15) is 0 Å². The maximum atomic E-state index is 5.87. The van der Waals surface area contributed by atoms with Crippen molar-refractivity contribution in [3.05, 3.63) is 0 Å². The first-order chi connectivity index (χ1) is 7.13. The van der Waals surface area contributed by atoms with Crippen molar-refractivity contribution in [2.45, 2.75) is 19.8 Å². The predicted octanol–water partition coefficient (Wildman–Crippen LogP) is 0.595. The van der Waals surface area contributed by atoms with Crippen molar-refractivity contribution in [2.75, 3.05) is 40.3 Å². The van der Waals surface area contributed by atoms with E-state index in [0.29, 0.717) is 0 Å². The highest BCUT2D eigenvalue weighted by atomic mass is 15.3. The van der Waals surface area contributed by atoms with E-state index < -0.39 is 0 Å². The molecule has 0 aromatic heterocycles. The van der Waals surface area contributed by atoms with Gasteiger partial charge in [0.25, 0.3) is 0 Å². The Bertz CT molecular complexity index is 205. The van der Waals surface area contributed by atoms with Crippen LogP contribution in [0.15, 0.2) is 4.99 Å². The third kappa shape index (κ3) is 4.08. The summed E-state index contributed by atoms with van der Waals surface area (Å²) in [4.78, 5) is 8.72. The molecule has 15 heavy (non-hydrogen) atoms. The fraction of sp³-hybridized carbons (Fsp3) is 0.909. The maximum absolute atomic E-state index is 5.87. The summed E-state index contributed by atoms with van der Waals surface area (Å²) in [5.74, 6) is 1.55. The molecule has 1 aliphatic rings. The summed E-state index contributed by atoms with van der Waals surface area (Å²) in [6.07, 6.45) is 2.47. The summed E-state index contributed by atoms with van der Waals surface area (Å²) < 4.78 is 0. The van der Waals surface area contributed by atoms with Crippen LogP contribution in [0.1, 0.15) is 19.8 Å². The van der Waals surface area contributed by atoms with E-state index in [0.717, 1.165) is 31.5 Å². The number of aliphatic imine (C=N–C) groups is 1. The van der Waals surface area contributed by atoms with E-state index in [-0.39, 0.29) is 0 Å². The third-order valence-corrected chi connectivity index (χ3v) is 2.88. The van der Waals surface area contributed by atoms with Crippen molar-refractivity contribution >= 4 is 5.96 Å². The van der Waals surface area contributed by atoms with E-state index in [1.165, 1.54) is 19.4 Å². The van der Waals surface area contributed by atoms with Crippen LogP contribution in [0.4, 0.5) is 0 Å². The second-order valence-corrected chi connectivity index (χ2v) is 4.53. The lowest BCUT2D eigenvalue weighted by atomic mass is 9.97. The normalized spacial score (nSPS) is 20.0. The minimum atomic E-state index is 0.723. The highest BCUT2D eigenvalue weighted by molar-refractivity contribution is 5.78. The van der Waals surface area contributed by atoms with Gasteiger partial charge in [-0.1, -0.05) is 0 Å². The second-order valence-electron chi connectivity index (χ2n) is 4.53. The lowest BCUT2D eigenvalue weighted by Crippen LogP contribution is -2.44. The Balaban J connectivity index is 2.32. The molecule has 4 nitrogen and oxygen atoms in total. The molecule has 0 bridgehead atoms. The van der Waals surface area contributed by atoms with Gasteiger partial charge in [0.05, 0.1) is 0 Å².